The first kappa shape index (κ1) is 15.4. The van der Waals surface area contributed by atoms with Gasteiger partial charge in [0.2, 0.25) is 0 Å². The van der Waals surface area contributed by atoms with Gasteiger partial charge in [0.05, 0.1) is 4.90 Å². The zero-order valence-corrected chi connectivity index (χ0v) is 13.8. The minimum absolute atomic E-state index is 0.107. The molecule has 0 atom stereocenters. The van der Waals surface area contributed by atoms with Gasteiger partial charge in [0, 0.05) is 15.2 Å². The molecule has 0 saturated carbocycles. The molecule has 2 aromatic rings. The van der Waals surface area contributed by atoms with Crippen LogP contribution < -0.4 is 4.74 Å². The van der Waals surface area contributed by atoms with Crippen LogP contribution in [0.25, 0.3) is 0 Å². The highest BCUT2D eigenvalue weighted by atomic mass is 79.9. The fourth-order valence-corrected chi connectivity index (χ4v) is 3.19. The summed E-state index contributed by atoms with van der Waals surface area (Å²) in [6, 6.07) is 12.5. The molecule has 2 aromatic carbocycles. The Morgan fingerprint density at radius 2 is 1.80 bits per heavy atom. The average molecular weight is 376 g/mol. The molecule has 0 radical (unpaired) electrons. The van der Waals surface area contributed by atoms with E-state index in [-0.39, 0.29) is 4.90 Å². The van der Waals surface area contributed by atoms with Gasteiger partial charge in [-0.05, 0) is 48.4 Å². The van der Waals surface area contributed by atoms with E-state index in [1.54, 1.807) is 19.1 Å². The minimum atomic E-state index is -3.71. The molecule has 0 fully saturated rings. The van der Waals surface area contributed by atoms with Crippen molar-refractivity contribution in [3.8, 4) is 5.75 Å². The van der Waals surface area contributed by atoms with E-state index in [0.717, 1.165) is 10.0 Å². The number of hydrogen-bond donors (Lipinski definition) is 0. The van der Waals surface area contributed by atoms with Crippen LogP contribution in [0.15, 0.2) is 51.8 Å². The SMILES string of the molecule is Cc1cc(OCc2ccc(Br)cc2)ccc1S(=O)(=O)Cl. The second kappa shape index (κ2) is 6.16. The predicted molar refractivity (Wildman–Crippen MR) is 82.7 cm³/mol. The molecule has 0 amide bonds. The molecule has 0 aliphatic heterocycles. The standard InChI is InChI=1S/C14H12BrClO3S/c1-10-8-13(6-7-14(10)20(16,17)18)19-9-11-2-4-12(15)5-3-11/h2-8H,9H2,1H3. The van der Waals surface area contributed by atoms with Gasteiger partial charge >= 0.3 is 0 Å². The Kier molecular flexibility index (Phi) is 4.73. The number of ether oxygens (including phenoxy) is 1. The second-order valence-electron chi connectivity index (χ2n) is 4.28. The lowest BCUT2D eigenvalue weighted by Gasteiger charge is -2.09. The molecule has 0 aliphatic carbocycles. The van der Waals surface area contributed by atoms with Gasteiger partial charge in [0.25, 0.3) is 9.05 Å². The topological polar surface area (TPSA) is 43.4 Å². The van der Waals surface area contributed by atoms with E-state index >= 15 is 0 Å². The first-order chi connectivity index (χ1) is 9.36. The first-order valence-corrected chi connectivity index (χ1v) is 8.89. The predicted octanol–water partition coefficient (Wildman–Crippen LogP) is 4.26. The highest BCUT2D eigenvalue weighted by Gasteiger charge is 2.13. The summed E-state index contributed by atoms with van der Waals surface area (Å²) in [5.74, 6) is 0.606. The van der Waals surface area contributed by atoms with Crippen LogP contribution in [0, 0.1) is 6.92 Å². The van der Waals surface area contributed by atoms with Gasteiger partial charge in [-0.15, -0.1) is 0 Å². The van der Waals surface area contributed by atoms with E-state index < -0.39 is 9.05 Å². The summed E-state index contributed by atoms with van der Waals surface area (Å²) in [6.07, 6.45) is 0. The molecular weight excluding hydrogens is 364 g/mol. The molecule has 0 aliphatic rings. The Bertz CT molecular complexity index is 712. The molecule has 6 heteroatoms. The van der Waals surface area contributed by atoms with Crippen LogP contribution in [-0.4, -0.2) is 8.42 Å². The van der Waals surface area contributed by atoms with E-state index in [1.165, 1.54) is 6.07 Å². The van der Waals surface area contributed by atoms with Gasteiger partial charge in [0.15, 0.2) is 0 Å². The minimum Gasteiger partial charge on any atom is -0.489 e. The fraction of sp³-hybridized carbons (Fsp3) is 0.143. The van der Waals surface area contributed by atoms with Crippen LogP contribution in [0.1, 0.15) is 11.1 Å². The van der Waals surface area contributed by atoms with Crippen LogP contribution in [-0.2, 0) is 15.7 Å². The van der Waals surface area contributed by atoms with Gasteiger partial charge in [0.1, 0.15) is 12.4 Å². The molecule has 0 spiro atoms. The summed E-state index contributed by atoms with van der Waals surface area (Å²) < 4.78 is 29.2. The first-order valence-electron chi connectivity index (χ1n) is 5.79. The molecule has 2 rings (SSSR count). The van der Waals surface area contributed by atoms with Crippen LogP contribution >= 0.6 is 26.6 Å². The smallest absolute Gasteiger partial charge is 0.261 e. The molecular formula is C14H12BrClO3S. The normalized spacial score (nSPS) is 11.3. The van der Waals surface area contributed by atoms with Gasteiger partial charge in [-0.25, -0.2) is 8.42 Å². The third-order valence-electron chi connectivity index (χ3n) is 2.73. The van der Waals surface area contributed by atoms with Crippen molar-refractivity contribution < 1.29 is 13.2 Å². The number of benzene rings is 2. The van der Waals surface area contributed by atoms with Crippen molar-refractivity contribution >= 4 is 35.7 Å². The lowest BCUT2D eigenvalue weighted by Crippen LogP contribution is -1.98. The zero-order valence-electron chi connectivity index (χ0n) is 10.6. The Morgan fingerprint density at radius 1 is 1.15 bits per heavy atom. The van der Waals surface area contributed by atoms with Crippen molar-refractivity contribution in [3.05, 3.63) is 58.1 Å². The number of halogens is 2. The van der Waals surface area contributed by atoms with E-state index in [1.807, 2.05) is 24.3 Å². The van der Waals surface area contributed by atoms with Crippen molar-refractivity contribution in [2.24, 2.45) is 0 Å². The van der Waals surface area contributed by atoms with Gasteiger partial charge < -0.3 is 4.74 Å². The summed E-state index contributed by atoms with van der Waals surface area (Å²) in [5.41, 5.74) is 1.59. The second-order valence-corrected chi connectivity index (χ2v) is 7.73. The molecule has 0 aromatic heterocycles. The molecule has 106 valence electrons. The molecule has 0 heterocycles. The number of rotatable bonds is 4. The van der Waals surface area contributed by atoms with E-state index in [4.69, 9.17) is 15.4 Å². The summed E-state index contributed by atoms with van der Waals surface area (Å²) in [6.45, 7) is 2.10. The third kappa shape index (κ3) is 3.98. The highest BCUT2D eigenvalue weighted by Crippen LogP contribution is 2.24. The highest BCUT2D eigenvalue weighted by molar-refractivity contribution is 9.10. The van der Waals surface area contributed by atoms with Gasteiger partial charge in [-0.2, -0.15) is 0 Å². The van der Waals surface area contributed by atoms with E-state index in [0.29, 0.717) is 17.9 Å². The zero-order chi connectivity index (χ0) is 14.8. The van der Waals surface area contributed by atoms with E-state index in [9.17, 15) is 8.42 Å². The quantitative estimate of drug-likeness (QED) is 0.750. The lowest BCUT2D eigenvalue weighted by molar-refractivity contribution is 0.306. The maximum absolute atomic E-state index is 11.3. The van der Waals surface area contributed by atoms with Crippen LogP contribution in [0.2, 0.25) is 0 Å². The lowest BCUT2D eigenvalue weighted by atomic mass is 10.2. The van der Waals surface area contributed by atoms with Crippen LogP contribution in [0.3, 0.4) is 0 Å². The van der Waals surface area contributed by atoms with Crippen molar-refractivity contribution in [1.82, 2.24) is 0 Å². The van der Waals surface area contributed by atoms with Crippen LogP contribution in [0.4, 0.5) is 0 Å². The Labute approximate surface area is 131 Å². The summed E-state index contributed by atoms with van der Waals surface area (Å²) in [7, 11) is 1.62. The van der Waals surface area contributed by atoms with Gasteiger partial charge in [-0.1, -0.05) is 28.1 Å². The van der Waals surface area contributed by atoms with Crippen molar-refractivity contribution in [2.75, 3.05) is 0 Å². The molecule has 0 N–H and O–H groups in total. The summed E-state index contributed by atoms with van der Waals surface area (Å²) >= 11 is 3.37. The largest absolute Gasteiger partial charge is 0.489 e. The van der Waals surface area contributed by atoms with Crippen molar-refractivity contribution in [2.45, 2.75) is 18.4 Å². The van der Waals surface area contributed by atoms with Crippen LogP contribution in [0.5, 0.6) is 5.75 Å². The van der Waals surface area contributed by atoms with Crippen molar-refractivity contribution in [1.29, 1.82) is 0 Å². The summed E-state index contributed by atoms with van der Waals surface area (Å²) in [5, 5.41) is 0. The number of aryl methyl sites for hydroxylation is 1. The monoisotopic (exact) mass is 374 g/mol. The fourth-order valence-electron chi connectivity index (χ4n) is 1.73. The number of hydrogen-bond acceptors (Lipinski definition) is 3. The Balaban J connectivity index is 2.11. The molecule has 0 saturated heterocycles. The Hall–Kier alpha value is -1.04. The molecule has 0 unspecified atom stereocenters. The Morgan fingerprint density at radius 3 is 2.35 bits per heavy atom. The average Bonchev–Trinajstić information content (AvgIpc) is 2.36. The molecule has 3 nitrogen and oxygen atoms in total. The molecule has 0 bridgehead atoms. The van der Waals surface area contributed by atoms with Crippen molar-refractivity contribution in [3.63, 3.8) is 0 Å². The third-order valence-corrected chi connectivity index (χ3v) is 4.74. The maximum Gasteiger partial charge on any atom is 0.261 e. The molecule has 20 heavy (non-hydrogen) atoms. The maximum atomic E-state index is 11.3. The van der Waals surface area contributed by atoms with Gasteiger partial charge in [-0.3, -0.25) is 0 Å². The summed E-state index contributed by atoms with van der Waals surface area (Å²) in [4.78, 5) is 0.107. The van der Waals surface area contributed by atoms with E-state index in [2.05, 4.69) is 15.9 Å².